The summed E-state index contributed by atoms with van der Waals surface area (Å²) < 4.78 is 16.0. The van der Waals surface area contributed by atoms with Gasteiger partial charge in [0.05, 0.1) is 40.3 Å². The van der Waals surface area contributed by atoms with E-state index in [9.17, 15) is 19.8 Å². The summed E-state index contributed by atoms with van der Waals surface area (Å²) in [7, 11) is 5.85. The molecule has 0 heterocycles. The van der Waals surface area contributed by atoms with Crippen LogP contribution in [0.1, 0.15) is 122 Å². The lowest BCUT2D eigenvalue weighted by atomic mass is 10.1. The third-order valence-electron chi connectivity index (χ3n) is 8.83. The maximum atomic E-state index is 12.0. The zero-order chi connectivity index (χ0) is 45.5. The van der Waals surface area contributed by atoms with Gasteiger partial charge in [0.15, 0.2) is 6.29 Å². The van der Waals surface area contributed by atoms with Gasteiger partial charge < -0.3 is 33.7 Å². The maximum Gasteiger partial charge on any atom is 0.305 e. The number of carbonyl (C=O) groups excluding carboxylic acids is 2. The Morgan fingerprint density at radius 3 is 1.21 bits per heavy atom. The number of likely N-dealkylation sites (N-methyl/N-ethyl adjacent to an activating group) is 1. The molecule has 1 N–H and O–H groups in total. The second-order valence-electron chi connectivity index (χ2n) is 15.8. The molecule has 0 aromatic heterocycles. The second kappa shape index (κ2) is 44.7. The van der Waals surface area contributed by atoms with Gasteiger partial charge in [-0.25, -0.2) is 0 Å². The first-order chi connectivity index (χ1) is 30.2. The molecule has 8 nitrogen and oxygen atoms in total. The van der Waals surface area contributed by atoms with Crippen LogP contribution in [-0.2, 0) is 23.8 Å². The average molecular weight is 858 g/mol. The smallest absolute Gasteiger partial charge is 0.305 e. The molecule has 62 heavy (non-hydrogen) atoms. The summed E-state index contributed by atoms with van der Waals surface area (Å²) in [5.74, 6) is -1.91. The fraction of sp³-hybridized carbons (Fsp3) is 0.519. The number of quaternary nitrogens is 1. The molecule has 0 fully saturated rings. The Kier molecular flexibility index (Phi) is 41.6. The highest BCUT2D eigenvalue weighted by atomic mass is 16.7. The minimum Gasteiger partial charge on any atom is -0.545 e. The van der Waals surface area contributed by atoms with E-state index in [4.69, 9.17) is 14.2 Å². The van der Waals surface area contributed by atoms with E-state index < -0.39 is 24.3 Å². The summed E-state index contributed by atoms with van der Waals surface area (Å²) in [6.45, 7) is 2.28. The molecule has 0 aliphatic rings. The van der Waals surface area contributed by atoms with E-state index in [1.165, 1.54) is 0 Å². The summed E-state index contributed by atoms with van der Waals surface area (Å²) in [5, 5.41) is 21.2. The van der Waals surface area contributed by atoms with Gasteiger partial charge in [0.25, 0.3) is 0 Å². The van der Waals surface area contributed by atoms with Crippen molar-refractivity contribution in [3.63, 3.8) is 0 Å². The monoisotopic (exact) mass is 858 g/mol. The highest BCUT2D eigenvalue weighted by molar-refractivity contribution is 5.69. The van der Waals surface area contributed by atoms with Crippen LogP contribution in [0.5, 0.6) is 0 Å². The van der Waals surface area contributed by atoms with Gasteiger partial charge in [0.1, 0.15) is 19.3 Å². The van der Waals surface area contributed by atoms with Crippen molar-refractivity contribution in [2.24, 2.45) is 0 Å². The fourth-order valence-electron chi connectivity index (χ4n) is 5.28. The number of carboxylic acid groups (broad SMARTS) is 1. The molecule has 0 saturated carbocycles. The second-order valence-corrected chi connectivity index (χ2v) is 15.8. The van der Waals surface area contributed by atoms with Gasteiger partial charge in [-0.1, -0.05) is 166 Å². The summed E-state index contributed by atoms with van der Waals surface area (Å²) in [4.78, 5) is 23.2. The van der Waals surface area contributed by atoms with Crippen LogP contribution in [0.4, 0.5) is 0 Å². The molecule has 2 unspecified atom stereocenters. The van der Waals surface area contributed by atoms with Crippen LogP contribution in [0.25, 0.3) is 0 Å². The molecule has 0 spiro atoms. The maximum absolute atomic E-state index is 12.0. The number of nitrogens with zero attached hydrogens (tertiary/aromatic N) is 1. The van der Waals surface area contributed by atoms with Crippen LogP contribution in [0, 0.1) is 0 Å². The summed E-state index contributed by atoms with van der Waals surface area (Å²) in [6.07, 6.45) is 67.4. The van der Waals surface area contributed by atoms with Gasteiger partial charge in [-0.05, 0) is 96.3 Å². The lowest BCUT2D eigenvalue weighted by Crippen LogP contribution is -2.44. The Morgan fingerprint density at radius 2 is 0.855 bits per heavy atom. The van der Waals surface area contributed by atoms with Crippen LogP contribution in [0.2, 0.25) is 0 Å². The zero-order valence-electron chi connectivity index (χ0n) is 38.9. The number of allylic oxidation sites excluding steroid dienone is 24. The average Bonchev–Trinajstić information content (AvgIpc) is 3.24. The molecular weight excluding hydrogens is 775 g/mol. The molecule has 0 aliphatic heterocycles. The number of hydrogen-bond acceptors (Lipinski definition) is 7. The summed E-state index contributed by atoms with van der Waals surface area (Å²) >= 11 is 0. The van der Waals surface area contributed by atoms with Crippen LogP contribution in [0.15, 0.2) is 146 Å². The third kappa shape index (κ3) is 46.7. The molecule has 0 saturated heterocycles. The van der Waals surface area contributed by atoms with Crippen molar-refractivity contribution in [2.45, 2.75) is 135 Å². The number of aliphatic hydroxyl groups excluding tert-OH is 1. The van der Waals surface area contributed by atoms with Gasteiger partial charge in [0.2, 0.25) is 0 Å². The quantitative estimate of drug-likeness (QED) is 0.0215. The molecule has 0 bridgehead atoms. The Hall–Kier alpha value is -4.34. The van der Waals surface area contributed by atoms with E-state index in [-0.39, 0.29) is 26.2 Å². The Bertz CT molecular complexity index is 1450. The van der Waals surface area contributed by atoms with Crippen molar-refractivity contribution in [2.75, 3.05) is 47.5 Å². The highest BCUT2D eigenvalue weighted by Gasteiger charge is 2.17. The first kappa shape index (κ1) is 57.7. The molecule has 0 aromatic carbocycles. The van der Waals surface area contributed by atoms with Crippen molar-refractivity contribution in [1.29, 1.82) is 0 Å². The molecule has 0 aliphatic carbocycles. The predicted molar refractivity (Wildman–Crippen MR) is 259 cm³/mol. The summed E-state index contributed by atoms with van der Waals surface area (Å²) in [6, 6.07) is 0. The minimum absolute atomic E-state index is 0.158. The standard InChI is InChI=1S/C54H83NO7/c1-5-6-7-8-9-10-11-12-13-14-15-16-17-18-19-20-21-22-23-24-25-26-27-28-29-30-31-32-33-34-35-36-37-38-39-40-41-42-43-44-45-46-52(57)61-49-51(56)50-62-54(53(58)59)60-48-47-55(2,3)4/h6-7,9-10,12-13,15-16,18-19,21-22,24-25,27-28,30-31,33-34,36-37,39-40,51,54,56H,5,8,11,14,17,20,23,26,29,32,35,38,41-50H2,1-4H3/b7-6-,10-9-,13-12-,16-15-,19-18-,22-21-,25-24-,28-27-,31-30-,34-33-,37-36-,40-39-. The fourth-order valence-corrected chi connectivity index (χ4v) is 5.28. The van der Waals surface area contributed by atoms with Gasteiger partial charge in [-0.15, -0.1) is 0 Å². The number of ether oxygens (including phenoxy) is 3. The molecule has 346 valence electrons. The number of rotatable bonds is 40. The molecule has 0 amide bonds. The highest BCUT2D eigenvalue weighted by Crippen LogP contribution is 2.08. The van der Waals surface area contributed by atoms with Gasteiger partial charge >= 0.3 is 5.97 Å². The van der Waals surface area contributed by atoms with Crippen molar-refractivity contribution < 1.29 is 38.5 Å². The first-order valence-electron chi connectivity index (χ1n) is 23.0. The zero-order valence-corrected chi connectivity index (χ0v) is 38.9. The lowest BCUT2D eigenvalue weighted by Gasteiger charge is -2.26. The Balaban J connectivity index is 3.71. The molecule has 0 aromatic rings. The van der Waals surface area contributed by atoms with Crippen LogP contribution < -0.4 is 5.11 Å². The van der Waals surface area contributed by atoms with Crippen molar-refractivity contribution in [1.82, 2.24) is 0 Å². The van der Waals surface area contributed by atoms with Crippen molar-refractivity contribution in [3.8, 4) is 0 Å². The minimum atomic E-state index is -1.59. The third-order valence-corrected chi connectivity index (χ3v) is 8.83. The lowest BCUT2D eigenvalue weighted by molar-refractivity contribution is -0.870. The van der Waals surface area contributed by atoms with Crippen molar-refractivity contribution in [3.05, 3.63) is 146 Å². The van der Waals surface area contributed by atoms with E-state index in [0.717, 1.165) is 109 Å². The van der Waals surface area contributed by atoms with E-state index in [0.29, 0.717) is 11.0 Å². The van der Waals surface area contributed by atoms with E-state index in [2.05, 4.69) is 153 Å². The molecule has 0 rings (SSSR count). The number of aliphatic carboxylic acids is 1. The molecule has 8 heteroatoms. The van der Waals surface area contributed by atoms with Crippen molar-refractivity contribution >= 4 is 11.9 Å². The number of carboxylic acids is 1. The predicted octanol–water partition coefficient (Wildman–Crippen LogP) is 11.4. The first-order valence-corrected chi connectivity index (χ1v) is 23.0. The Morgan fingerprint density at radius 1 is 0.500 bits per heavy atom. The number of esters is 1. The van der Waals surface area contributed by atoms with E-state index in [1.807, 2.05) is 21.1 Å². The van der Waals surface area contributed by atoms with E-state index in [1.54, 1.807) is 0 Å². The van der Waals surface area contributed by atoms with Gasteiger partial charge in [0, 0.05) is 6.42 Å². The van der Waals surface area contributed by atoms with E-state index >= 15 is 0 Å². The number of hydrogen-bond donors (Lipinski definition) is 1. The van der Waals surface area contributed by atoms with Crippen LogP contribution >= 0.6 is 0 Å². The number of aliphatic hydroxyl groups is 1. The molecule has 0 radical (unpaired) electrons. The topological polar surface area (TPSA) is 105 Å². The number of carbonyl (C=O) groups is 2. The Labute approximate surface area is 377 Å². The molecular formula is C54H83NO7. The largest absolute Gasteiger partial charge is 0.545 e. The summed E-state index contributed by atoms with van der Waals surface area (Å²) in [5.41, 5.74) is 0. The normalized spacial score (nSPS) is 14.4. The molecule has 2 atom stereocenters. The van der Waals surface area contributed by atoms with Crippen LogP contribution in [-0.4, -0.2) is 81.4 Å². The van der Waals surface area contributed by atoms with Gasteiger partial charge in [-0.3, -0.25) is 4.79 Å². The SMILES string of the molecule is CC/C=C\C/C=C\C/C=C\C/C=C\C/C=C\C/C=C\C/C=C\C/C=C\C/C=C\C/C=C\C/C=C\C/C=C\CCCCCCC(=O)OCC(O)COC(OCC[N+](C)(C)C)C(=O)[O-]. The van der Waals surface area contributed by atoms with Gasteiger partial charge in [-0.2, -0.15) is 0 Å². The van der Waals surface area contributed by atoms with Crippen LogP contribution in [0.3, 0.4) is 0 Å². The number of unbranched alkanes of at least 4 members (excludes halogenated alkanes) is 4.